The van der Waals surface area contributed by atoms with E-state index in [9.17, 15) is 14.0 Å². The van der Waals surface area contributed by atoms with E-state index in [4.69, 9.17) is 21.1 Å². The highest BCUT2D eigenvalue weighted by molar-refractivity contribution is 9.10. The summed E-state index contributed by atoms with van der Waals surface area (Å²) in [6.45, 7) is 0.689. The first-order valence-electron chi connectivity index (χ1n) is 9.05. The molecule has 2 amide bonds. The van der Waals surface area contributed by atoms with E-state index in [0.29, 0.717) is 39.7 Å². The third kappa shape index (κ3) is 5.38. The molecule has 1 aliphatic heterocycles. The molecule has 6 nitrogen and oxygen atoms in total. The second kappa shape index (κ2) is 10.1. The molecule has 3 rings (SSSR count). The lowest BCUT2D eigenvalue weighted by Gasteiger charge is -2.31. The maximum absolute atomic E-state index is 13.3. The molecule has 1 unspecified atom stereocenters. The molecule has 30 heavy (non-hydrogen) atoms. The van der Waals surface area contributed by atoms with Crippen molar-refractivity contribution in [2.75, 3.05) is 25.6 Å². The Morgan fingerprint density at radius 2 is 2.03 bits per heavy atom. The molecule has 0 radical (unpaired) electrons. The summed E-state index contributed by atoms with van der Waals surface area (Å²) in [5, 5.41) is 3.18. The van der Waals surface area contributed by atoms with Crippen LogP contribution in [0.2, 0.25) is 5.02 Å². The van der Waals surface area contributed by atoms with Gasteiger partial charge < -0.3 is 14.8 Å². The normalized spacial score (nSPS) is 15.9. The van der Waals surface area contributed by atoms with Gasteiger partial charge in [-0.2, -0.15) is 0 Å². The lowest BCUT2D eigenvalue weighted by molar-refractivity contribution is -0.116. The summed E-state index contributed by atoms with van der Waals surface area (Å²) in [5.74, 6) is -0.111. The molecule has 1 aliphatic rings. The van der Waals surface area contributed by atoms with Crippen LogP contribution in [-0.4, -0.2) is 37.0 Å². The van der Waals surface area contributed by atoms with Gasteiger partial charge in [0, 0.05) is 30.3 Å². The first kappa shape index (κ1) is 22.3. The zero-order valence-corrected chi connectivity index (χ0v) is 18.4. The molecule has 9 heteroatoms. The highest BCUT2D eigenvalue weighted by atomic mass is 79.9. The summed E-state index contributed by atoms with van der Waals surface area (Å²) >= 11 is 9.58. The van der Waals surface area contributed by atoms with E-state index in [1.807, 2.05) is 0 Å². The Labute approximate surface area is 186 Å². The molecule has 0 aromatic heterocycles. The van der Waals surface area contributed by atoms with E-state index in [1.54, 1.807) is 31.4 Å². The minimum absolute atomic E-state index is 0.0999. The first-order valence-corrected chi connectivity index (χ1v) is 10.2. The highest BCUT2D eigenvalue weighted by Crippen LogP contribution is 2.36. The zero-order chi connectivity index (χ0) is 21.7. The van der Waals surface area contributed by atoms with Crippen LogP contribution < -0.4 is 10.1 Å². The number of hydrogen-bond donors (Lipinski definition) is 1. The first-order chi connectivity index (χ1) is 14.4. The fourth-order valence-corrected chi connectivity index (χ4v) is 3.74. The van der Waals surface area contributed by atoms with Crippen LogP contribution in [0.5, 0.6) is 5.75 Å². The maximum Gasteiger partial charge on any atom is 0.326 e. The average Bonchev–Trinajstić information content (AvgIpc) is 2.71. The van der Waals surface area contributed by atoms with Crippen LogP contribution >= 0.6 is 27.5 Å². The molecule has 0 aliphatic carbocycles. The summed E-state index contributed by atoms with van der Waals surface area (Å²) in [6.07, 6.45) is 2.87. The van der Waals surface area contributed by atoms with Crippen LogP contribution in [0.3, 0.4) is 0 Å². The number of ketones is 1. The minimum Gasteiger partial charge on any atom is -0.490 e. The number of benzene rings is 2. The van der Waals surface area contributed by atoms with Gasteiger partial charge in [0.2, 0.25) is 0 Å². The third-order valence-electron chi connectivity index (χ3n) is 4.45. The van der Waals surface area contributed by atoms with E-state index in [1.165, 1.54) is 29.3 Å². The fraction of sp³-hybridized carbons (Fsp3) is 0.238. The maximum atomic E-state index is 13.3. The van der Waals surface area contributed by atoms with Crippen molar-refractivity contribution in [3.05, 3.63) is 69.6 Å². The number of halogens is 3. The molecule has 0 bridgehead atoms. The Morgan fingerprint density at radius 3 is 2.73 bits per heavy atom. The number of nitrogens with zero attached hydrogens (tertiary/aromatic N) is 1. The molecule has 0 fully saturated rings. The Kier molecular flexibility index (Phi) is 7.47. The van der Waals surface area contributed by atoms with Gasteiger partial charge in [-0.05, 0) is 45.8 Å². The number of allylic oxidation sites excluding steroid dienone is 1. The van der Waals surface area contributed by atoms with Gasteiger partial charge in [0.1, 0.15) is 18.2 Å². The van der Waals surface area contributed by atoms with Gasteiger partial charge in [0.25, 0.3) is 0 Å². The number of urea groups is 1. The van der Waals surface area contributed by atoms with Crippen molar-refractivity contribution in [3.63, 3.8) is 0 Å². The standard InChI is InChI=1S/C21H19BrClFN2O4/c1-29-8-9-30-20-12-18(16(22)11-17(20)23)25-21(28)26-7-6-15(27)10-19(26)13-2-4-14(24)5-3-13/h2-7,11-12,19H,8-10H2,1H3,(H,25,28). The van der Waals surface area contributed by atoms with E-state index < -0.39 is 17.9 Å². The largest absolute Gasteiger partial charge is 0.490 e. The van der Waals surface area contributed by atoms with E-state index in [0.717, 1.165) is 0 Å². The van der Waals surface area contributed by atoms with Gasteiger partial charge in [-0.15, -0.1) is 0 Å². The van der Waals surface area contributed by atoms with Crippen molar-refractivity contribution < 1.29 is 23.5 Å². The number of rotatable bonds is 6. The number of amides is 2. The van der Waals surface area contributed by atoms with Crippen molar-refractivity contribution in [2.24, 2.45) is 0 Å². The predicted octanol–water partition coefficient (Wildman–Crippen LogP) is 5.33. The molecule has 1 atom stereocenters. The molecule has 2 aromatic rings. The number of nitrogens with one attached hydrogen (secondary N) is 1. The van der Waals surface area contributed by atoms with E-state index >= 15 is 0 Å². The summed E-state index contributed by atoms with van der Waals surface area (Å²) in [5.41, 5.74) is 1.10. The summed E-state index contributed by atoms with van der Waals surface area (Å²) in [7, 11) is 1.56. The fourth-order valence-electron chi connectivity index (χ4n) is 2.95. The van der Waals surface area contributed by atoms with Crippen LogP contribution in [0.4, 0.5) is 14.9 Å². The number of ether oxygens (including phenoxy) is 2. The number of hydrogen-bond acceptors (Lipinski definition) is 4. The molecular weight excluding hydrogens is 479 g/mol. The van der Waals surface area contributed by atoms with Crippen molar-refractivity contribution >= 4 is 45.0 Å². The van der Waals surface area contributed by atoms with Crippen LogP contribution in [0.15, 0.2) is 53.1 Å². The SMILES string of the molecule is COCCOc1cc(NC(=O)N2C=CC(=O)CC2c2ccc(F)cc2)c(Br)cc1Cl. The van der Waals surface area contributed by atoms with Crippen molar-refractivity contribution in [2.45, 2.75) is 12.5 Å². The van der Waals surface area contributed by atoms with Gasteiger partial charge in [-0.1, -0.05) is 23.7 Å². The van der Waals surface area contributed by atoms with Gasteiger partial charge in [-0.25, -0.2) is 9.18 Å². The Hall–Kier alpha value is -2.42. The summed E-state index contributed by atoms with van der Waals surface area (Å²) in [4.78, 5) is 26.3. The zero-order valence-electron chi connectivity index (χ0n) is 16.0. The minimum atomic E-state index is -0.549. The quantitative estimate of drug-likeness (QED) is 0.548. The van der Waals surface area contributed by atoms with Crippen LogP contribution in [0, 0.1) is 5.82 Å². The Balaban J connectivity index is 1.82. The number of carbonyl (C=O) groups excluding carboxylic acids is 2. The lowest BCUT2D eigenvalue weighted by Crippen LogP contribution is -2.37. The lowest BCUT2D eigenvalue weighted by atomic mass is 9.97. The topological polar surface area (TPSA) is 67.9 Å². The number of methoxy groups -OCH3 is 1. The van der Waals surface area contributed by atoms with Crippen LogP contribution in [0.25, 0.3) is 0 Å². The van der Waals surface area contributed by atoms with Gasteiger partial charge >= 0.3 is 6.03 Å². The van der Waals surface area contributed by atoms with Crippen LogP contribution in [-0.2, 0) is 9.53 Å². The second-order valence-electron chi connectivity index (χ2n) is 6.49. The molecule has 1 N–H and O–H groups in total. The summed E-state index contributed by atoms with van der Waals surface area (Å²) < 4.78 is 24.4. The van der Waals surface area contributed by atoms with Crippen molar-refractivity contribution in [3.8, 4) is 5.75 Å². The van der Waals surface area contributed by atoms with Gasteiger partial charge in [-0.3, -0.25) is 9.69 Å². The highest BCUT2D eigenvalue weighted by Gasteiger charge is 2.29. The molecule has 0 saturated heterocycles. The Morgan fingerprint density at radius 1 is 1.30 bits per heavy atom. The number of anilines is 1. The predicted molar refractivity (Wildman–Crippen MR) is 115 cm³/mol. The smallest absolute Gasteiger partial charge is 0.326 e. The molecular formula is C21H19BrClFN2O4. The molecule has 158 valence electrons. The van der Waals surface area contributed by atoms with Crippen LogP contribution in [0.1, 0.15) is 18.0 Å². The Bertz CT molecular complexity index is 968. The van der Waals surface area contributed by atoms with Crippen molar-refractivity contribution in [1.29, 1.82) is 0 Å². The average molecular weight is 498 g/mol. The van der Waals surface area contributed by atoms with E-state index in [-0.39, 0.29) is 12.2 Å². The number of carbonyl (C=O) groups is 2. The molecule has 0 spiro atoms. The molecule has 1 heterocycles. The second-order valence-corrected chi connectivity index (χ2v) is 7.76. The van der Waals surface area contributed by atoms with Gasteiger partial charge in [0.15, 0.2) is 5.78 Å². The summed E-state index contributed by atoms with van der Waals surface area (Å²) in [6, 6.07) is 7.93. The molecule has 0 saturated carbocycles. The third-order valence-corrected chi connectivity index (χ3v) is 5.40. The monoisotopic (exact) mass is 496 g/mol. The molecule has 2 aromatic carbocycles. The van der Waals surface area contributed by atoms with Gasteiger partial charge in [0.05, 0.1) is 23.4 Å². The van der Waals surface area contributed by atoms with Crippen molar-refractivity contribution in [1.82, 2.24) is 4.90 Å². The van der Waals surface area contributed by atoms with E-state index in [2.05, 4.69) is 21.2 Å².